The topological polar surface area (TPSA) is 77.5 Å². The van der Waals surface area contributed by atoms with Crippen LogP contribution in [0.5, 0.6) is 0 Å². The fraction of sp³-hybridized carbons (Fsp3) is 0.400. The number of pyridine rings is 1. The molecular formula is C15H18N2O4. The van der Waals surface area contributed by atoms with Crippen molar-refractivity contribution < 1.29 is 19.1 Å². The zero-order valence-electron chi connectivity index (χ0n) is 12.3. The lowest BCUT2D eigenvalue weighted by atomic mass is 10.3. The van der Waals surface area contributed by atoms with Crippen LogP contribution in [0.25, 0.3) is 0 Å². The predicted octanol–water partition coefficient (Wildman–Crippen LogP) is 1.61. The van der Waals surface area contributed by atoms with Crippen LogP contribution in [-0.4, -0.2) is 36.2 Å². The van der Waals surface area contributed by atoms with Gasteiger partial charge in [0.1, 0.15) is 5.82 Å². The molecule has 6 nitrogen and oxygen atoms in total. The van der Waals surface area contributed by atoms with E-state index in [1.54, 1.807) is 19.9 Å². The molecule has 0 unspecified atom stereocenters. The van der Waals surface area contributed by atoms with E-state index < -0.39 is 18.0 Å². The normalized spacial score (nSPS) is 13.9. The highest BCUT2D eigenvalue weighted by atomic mass is 16.5. The molecule has 0 saturated carbocycles. The number of aryl methyl sites for hydroxylation is 1. The van der Waals surface area contributed by atoms with Crippen LogP contribution in [0.2, 0.25) is 0 Å². The minimum absolute atomic E-state index is 0.258. The average Bonchev–Trinajstić information content (AvgIpc) is 3.13. The van der Waals surface area contributed by atoms with Gasteiger partial charge in [0, 0.05) is 5.69 Å². The van der Waals surface area contributed by atoms with Crippen LogP contribution in [0.15, 0.2) is 29.3 Å². The maximum absolute atomic E-state index is 11.8. The predicted molar refractivity (Wildman–Crippen MR) is 76.7 cm³/mol. The summed E-state index contributed by atoms with van der Waals surface area (Å²) in [6, 6.07) is 5.00. The molecule has 112 valence electrons. The van der Waals surface area contributed by atoms with Crippen LogP contribution in [0.1, 0.15) is 19.5 Å². The molecule has 1 heterocycles. The van der Waals surface area contributed by atoms with Gasteiger partial charge in [0.15, 0.2) is 0 Å². The Kier molecular flexibility index (Phi) is 4.57. The molecule has 21 heavy (non-hydrogen) atoms. The Morgan fingerprint density at radius 3 is 2.19 bits per heavy atom. The monoisotopic (exact) mass is 290 g/mol. The standard InChI is InChI=1S/C15H18N2O4/c1-4-20-14(18)11-12(15(19)21-5-2)13(11)17-10-8-6-7-9(3)16-10/h6-8,13H,4-5H2,1-3H3,(H,16,17). The third-order valence-corrected chi connectivity index (χ3v) is 2.96. The number of hydrogen-bond acceptors (Lipinski definition) is 6. The van der Waals surface area contributed by atoms with E-state index in [2.05, 4.69) is 10.3 Å². The summed E-state index contributed by atoms with van der Waals surface area (Å²) >= 11 is 0. The first-order chi connectivity index (χ1) is 10.1. The van der Waals surface area contributed by atoms with Crippen LogP contribution in [0.3, 0.4) is 0 Å². The van der Waals surface area contributed by atoms with E-state index in [-0.39, 0.29) is 13.2 Å². The highest BCUT2D eigenvalue weighted by Crippen LogP contribution is 2.36. The largest absolute Gasteiger partial charge is 0.463 e. The first kappa shape index (κ1) is 15.0. The molecule has 0 amide bonds. The summed E-state index contributed by atoms with van der Waals surface area (Å²) in [5.74, 6) is -0.391. The van der Waals surface area contributed by atoms with Crippen molar-refractivity contribution in [1.82, 2.24) is 4.98 Å². The smallest absolute Gasteiger partial charge is 0.337 e. The van der Waals surface area contributed by atoms with Gasteiger partial charge in [0.05, 0.1) is 30.4 Å². The van der Waals surface area contributed by atoms with Crippen molar-refractivity contribution in [3.63, 3.8) is 0 Å². The molecule has 0 radical (unpaired) electrons. The summed E-state index contributed by atoms with van der Waals surface area (Å²) in [6.45, 7) is 5.82. The highest BCUT2D eigenvalue weighted by Gasteiger charge is 2.48. The number of anilines is 1. The molecule has 2 rings (SSSR count). The second kappa shape index (κ2) is 6.39. The Morgan fingerprint density at radius 1 is 1.14 bits per heavy atom. The highest BCUT2D eigenvalue weighted by molar-refractivity contribution is 6.12. The molecule has 0 saturated heterocycles. The zero-order valence-corrected chi connectivity index (χ0v) is 12.3. The number of nitrogens with zero attached hydrogens (tertiary/aromatic N) is 1. The molecule has 1 aromatic rings. The van der Waals surface area contributed by atoms with Crippen molar-refractivity contribution in [2.45, 2.75) is 26.8 Å². The maximum atomic E-state index is 11.8. The fourth-order valence-electron chi connectivity index (χ4n) is 2.01. The lowest BCUT2D eigenvalue weighted by Crippen LogP contribution is -2.16. The third-order valence-electron chi connectivity index (χ3n) is 2.96. The van der Waals surface area contributed by atoms with E-state index in [0.29, 0.717) is 17.0 Å². The number of esters is 2. The second-order valence-electron chi connectivity index (χ2n) is 4.51. The van der Waals surface area contributed by atoms with Gasteiger partial charge in [-0.2, -0.15) is 0 Å². The summed E-state index contributed by atoms with van der Waals surface area (Å²) < 4.78 is 9.90. The lowest BCUT2D eigenvalue weighted by Gasteiger charge is -2.07. The minimum Gasteiger partial charge on any atom is -0.463 e. The van der Waals surface area contributed by atoms with Crippen molar-refractivity contribution in [3.05, 3.63) is 35.0 Å². The van der Waals surface area contributed by atoms with E-state index >= 15 is 0 Å². The Bertz CT molecular complexity index is 567. The van der Waals surface area contributed by atoms with Crippen molar-refractivity contribution in [1.29, 1.82) is 0 Å². The molecule has 1 aliphatic carbocycles. The summed E-state index contributed by atoms with van der Waals surface area (Å²) in [5.41, 5.74) is 1.48. The molecule has 1 aromatic heterocycles. The minimum atomic E-state index is -0.495. The summed E-state index contributed by atoms with van der Waals surface area (Å²) in [4.78, 5) is 28.0. The zero-order chi connectivity index (χ0) is 15.4. The molecule has 0 aliphatic heterocycles. The fourth-order valence-corrected chi connectivity index (χ4v) is 2.01. The molecule has 1 aliphatic rings. The number of aromatic nitrogens is 1. The molecule has 0 atom stereocenters. The Morgan fingerprint density at radius 2 is 1.71 bits per heavy atom. The summed E-state index contributed by atoms with van der Waals surface area (Å²) in [7, 11) is 0. The van der Waals surface area contributed by atoms with Gasteiger partial charge in [0.25, 0.3) is 0 Å². The summed E-state index contributed by atoms with van der Waals surface area (Å²) in [5, 5.41) is 3.05. The van der Waals surface area contributed by atoms with Crippen LogP contribution in [0, 0.1) is 6.92 Å². The number of nitrogens with one attached hydrogen (secondary N) is 1. The Hall–Kier alpha value is -2.37. The van der Waals surface area contributed by atoms with Crippen LogP contribution < -0.4 is 5.32 Å². The molecule has 1 N–H and O–H groups in total. The van der Waals surface area contributed by atoms with Gasteiger partial charge in [-0.25, -0.2) is 14.6 Å². The number of carbonyl (C=O) groups excluding carboxylic acids is 2. The van der Waals surface area contributed by atoms with Crippen molar-refractivity contribution in [2.75, 3.05) is 18.5 Å². The summed E-state index contributed by atoms with van der Waals surface area (Å²) in [6.07, 6.45) is 0. The molecule has 6 heteroatoms. The lowest BCUT2D eigenvalue weighted by molar-refractivity contribution is -0.140. The Balaban J connectivity index is 2.12. The number of rotatable bonds is 6. The van der Waals surface area contributed by atoms with E-state index in [1.807, 2.05) is 19.1 Å². The molecule has 0 fully saturated rings. The van der Waals surface area contributed by atoms with Gasteiger partial charge in [0.2, 0.25) is 0 Å². The van der Waals surface area contributed by atoms with Crippen LogP contribution in [-0.2, 0) is 19.1 Å². The van der Waals surface area contributed by atoms with Crippen LogP contribution >= 0.6 is 0 Å². The van der Waals surface area contributed by atoms with Crippen molar-refractivity contribution in [3.8, 4) is 0 Å². The van der Waals surface area contributed by atoms with E-state index in [1.165, 1.54) is 0 Å². The molecular weight excluding hydrogens is 272 g/mol. The van der Waals surface area contributed by atoms with Gasteiger partial charge in [-0.3, -0.25) is 0 Å². The Labute approximate surface area is 123 Å². The van der Waals surface area contributed by atoms with E-state index in [4.69, 9.17) is 9.47 Å². The van der Waals surface area contributed by atoms with Gasteiger partial charge < -0.3 is 14.8 Å². The van der Waals surface area contributed by atoms with Crippen molar-refractivity contribution >= 4 is 17.8 Å². The number of ether oxygens (including phenoxy) is 2. The number of carbonyl (C=O) groups is 2. The van der Waals surface area contributed by atoms with Crippen LogP contribution in [0.4, 0.5) is 5.82 Å². The molecule has 0 spiro atoms. The maximum Gasteiger partial charge on any atom is 0.337 e. The average molecular weight is 290 g/mol. The second-order valence-corrected chi connectivity index (χ2v) is 4.51. The van der Waals surface area contributed by atoms with Crippen molar-refractivity contribution in [2.24, 2.45) is 0 Å². The number of hydrogen-bond donors (Lipinski definition) is 1. The quantitative estimate of drug-likeness (QED) is 0.802. The van der Waals surface area contributed by atoms with Gasteiger partial charge in [-0.05, 0) is 32.9 Å². The molecule has 0 bridgehead atoms. The van der Waals surface area contributed by atoms with E-state index in [0.717, 1.165) is 5.69 Å². The van der Waals surface area contributed by atoms with Gasteiger partial charge >= 0.3 is 11.9 Å². The SMILES string of the molecule is CCOC(=O)C1=C(C(=O)OCC)C1Nc1cccc(C)n1. The molecule has 0 aromatic carbocycles. The van der Waals surface area contributed by atoms with Gasteiger partial charge in [-0.15, -0.1) is 0 Å². The van der Waals surface area contributed by atoms with Gasteiger partial charge in [-0.1, -0.05) is 6.07 Å². The third kappa shape index (κ3) is 3.39. The first-order valence-corrected chi connectivity index (χ1v) is 6.87. The first-order valence-electron chi connectivity index (χ1n) is 6.87. The van der Waals surface area contributed by atoms with E-state index in [9.17, 15) is 9.59 Å².